The summed E-state index contributed by atoms with van der Waals surface area (Å²) in [6.45, 7) is 5.00. The van der Waals surface area contributed by atoms with Gasteiger partial charge in [0.1, 0.15) is 12.4 Å². The minimum absolute atomic E-state index is 0.0296. The van der Waals surface area contributed by atoms with Crippen molar-refractivity contribution in [3.63, 3.8) is 0 Å². The van der Waals surface area contributed by atoms with Crippen molar-refractivity contribution in [2.75, 3.05) is 45.3 Å². The maximum Gasteiger partial charge on any atom is 0.410 e. The second-order valence-corrected chi connectivity index (χ2v) is 13.8. The molecule has 53 heavy (non-hydrogen) atoms. The molecule has 0 radical (unpaired) electrons. The Morgan fingerprint density at radius 3 is 2.42 bits per heavy atom. The van der Waals surface area contributed by atoms with E-state index in [4.69, 9.17) is 23.7 Å². The molecule has 2 aliphatic rings. The van der Waals surface area contributed by atoms with Gasteiger partial charge in [-0.25, -0.2) is 4.79 Å². The van der Waals surface area contributed by atoms with E-state index in [9.17, 15) is 9.59 Å². The lowest BCUT2D eigenvalue weighted by Gasteiger charge is -2.40. The molecule has 1 fully saturated rings. The molecule has 0 spiro atoms. The Labute approximate surface area is 313 Å². The number of likely N-dealkylation sites (tertiary alicyclic amines) is 1. The van der Waals surface area contributed by atoms with Gasteiger partial charge in [-0.05, 0) is 78.6 Å². The van der Waals surface area contributed by atoms with Gasteiger partial charge in [0.05, 0.1) is 38.1 Å². The van der Waals surface area contributed by atoms with Crippen LogP contribution < -0.4 is 10.1 Å². The van der Waals surface area contributed by atoms with E-state index in [2.05, 4.69) is 48.6 Å². The normalized spacial score (nSPS) is 18.1. The number of ether oxygens (including phenoxy) is 5. The van der Waals surface area contributed by atoms with Crippen LogP contribution in [0.3, 0.4) is 0 Å². The number of anilines is 1. The van der Waals surface area contributed by atoms with Crippen LogP contribution in [0.2, 0.25) is 0 Å². The number of piperidine rings is 1. The number of carbonyl (C=O) groups excluding carboxylic acids is 2. The summed E-state index contributed by atoms with van der Waals surface area (Å²) in [6.07, 6.45) is 3.36. The number of aryl methyl sites for hydroxylation is 1. The Morgan fingerprint density at radius 2 is 1.64 bits per heavy atom. The first-order chi connectivity index (χ1) is 26.0. The molecule has 6 rings (SSSR count). The predicted octanol–water partition coefficient (Wildman–Crippen LogP) is 8.80. The molecule has 0 aromatic heterocycles. The van der Waals surface area contributed by atoms with E-state index in [1.54, 1.807) is 12.0 Å². The van der Waals surface area contributed by atoms with Crippen LogP contribution in [-0.2, 0) is 36.8 Å². The molecule has 0 aliphatic carbocycles. The number of benzene rings is 4. The minimum atomic E-state index is -0.348. The van der Waals surface area contributed by atoms with E-state index >= 15 is 0 Å². The van der Waals surface area contributed by atoms with E-state index in [0.29, 0.717) is 45.8 Å². The molecule has 4 unspecified atom stereocenters. The Morgan fingerprint density at radius 1 is 0.868 bits per heavy atom. The molecule has 1 N–H and O–H groups in total. The van der Waals surface area contributed by atoms with Gasteiger partial charge in [0, 0.05) is 44.7 Å². The van der Waals surface area contributed by atoms with Crippen molar-refractivity contribution >= 4 is 17.7 Å². The molecule has 2 heterocycles. The topological polar surface area (TPSA) is 95.6 Å². The summed E-state index contributed by atoms with van der Waals surface area (Å²) in [5, 5.41) is 3.04. The van der Waals surface area contributed by atoms with Crippen molar-refractivity contribution in [3.05, 3.63) is 131 Å². The van der Waals surface area contributed by atoms with Crippen molar-refractivity contribution in [2.24, 2.45) is 0 Å². The average molecular weight is 721 g/mol. The number of nitrogens with zero attached hydrogens (tertiary/aromatic N) is 1. The van der Waals surface area contributed by atoms with Crippen LogP contribution in [-0.4, -0.2) is 63.0 Å². The fourth-order valence-corrected chi connectivity index (χ4v) is 7.08. The number of rotatable bonds is 17. The van der Waals surface area contributed by atoms with E-state index in [1.807, 2.05) is 66.7 Å². The number of hydrogen-bond donors (Lipinski definition) is 1. The van der Waals surface area contributed by atoms with Gasteiger partial charge in [0.2, 0.25) is 5.91 Å². The molecule has 2 aliphatic heterocycles. The Balaban J connectivity index is 1.13. The third-order valence-electron chi connectivity index (χ3n) is 10.1. The first-order valence-electron chi connectivity index (χ1n) is 18.9. The molecule has 2 amide bonds. The first-order valence-corrected chi connectivity index (χ1v) is 18.9. The standard InChI is InChI=1S/C44H52N2O7/c1-32(34-13-7-4-8-14-34)50-27-10-28-51-38-21-18-35(19-22-38)39-24-25-46(44(48)52-31-33-11-5-3-6-12-33)30-42(39)53-41(15-9-26-49-2)37-17-16-36-20-23-43(47)45-40(36)29-37/h3-8,11-14,16-19,21-22,29,32,39,41-42H,9-10,15,20,23-28,30-31H2,1-2H3,(H,45,47). The van der Waals surface area contributed by atoms with Crippen LogP contribution in [0, 0.1) is 0 Å². The second kappa shape index (κ2) is 19.4. The highest BCUT2D eigenvalue weighted by molar-refractivity contribution is 5.94. The highest BCUT2D eigenvalue weighted by atomic mass is 16.6. The van der Waals surface area contributed by atoms with Gasteiger partial charge in [0.25, 0.3) is 0 Å². The van der Waals surface area contributed by atoms with Crippen molar-refractivity contribution in [3.8, 4) is 5.75 Å². The van der Waals surface area contributed by atoms with E-state index in [-0.39, 0.29) is 42.8 Å². The summed E-state index contributed by atoms with van der Waals surface area (Å²) in [5.74, 6) is 0.872. The molecule has 0 bridgehead atoms. The summed E-state index contributed by atoms with van der Waals surface area (Å²) >= 11 is 0. The van der Waals surface area contributed by atoms with Crippen molar-refractivity contribution in [2.45, 2.75) is 76.3 Å². The van der Waals surface area contributed by atoms with Crippen LogP contribution in [0.1, 0.15) is 85.0 Å². The third kappa shape index (κ3) is 10.9. The summed E-state index contributed by atoms with van der Waals surface area (Å²) in [7, 11) is 1.70. The number of nitrogens with one attached hydrogen (secondary N) is 1. The zero-order valence-electron chi connectivity index (χ0n) is 30.9. The number of carbonyl (C=O) groups is 2. The number of methoxy groups -OCH3 is 1. The van der Waals surface area contributed by atoms with Crippen LogP contribution >= 0.6 is 0 Å². The molecule has 0 saturated carbocycles. The summed E-state index contributed by atoms with van der Waals surface area (Å²) in [5.41, 5.74) is 6.21. The number of hydrogen-bond acceptors (Lipinski definition) is 7. The molecular formula is C44H52N2O7. The fraction of sp³-hybridized carbons (Fsp3) is 0.409. The highest BCUT2D eigenvalue weighted by Gasteiger charge is 2.36. The van der Waals surface area contributed by atoms with Crippen molar-refractivity contribution in [1.82, 2.24) is 4.90 Å². The summed E-state index contributed by atoms with van der Waals surface area (Å²) < 4.78 is 30.3. The van der Waals surface area contributed by atoms with Crippen LogP contribution in [0.4, 0.5) is 10.5 Å². The van der Waals surface area contributed by atoms with Crippen molar-refractivity contribution in [1.29, 1.82) is 0 Å². The zero-order chi connectivity index (χ0) is 36.8. The Bertz CT molecular complexity index is 1730. The van der Waals surface area contributed by atoms with Gasteiger partial charge in [0.15, 0.2) is 0 Å². The molecule has 9 nitrogen and oxygen atoms in total. The van der Waals surface area contributed by atoms with Crippen LogP contribution in [0.15, 0.2) is 103 Å². The highest BCUT2D eigenvalue weighted by Crippen LogP contribution is 2.37. The van der Waals surface area contributed by atoms with Crippen LogP contribution in [0.5, 0.6) is 5.75 Å². The summed E-state index contributed by atoms with van der Waals surface area (Å²) in [6, 6.07) is 34.4. The Hall–Kier alpha value is -4.70. The van der Waals surface area contributed by atoms with Gasteiger partial charge < -0.3 is 33.9 Å². The van der Waals surface area contributed by atoms with E-state index in [1.165, 1.54) is 5.56 Å². The summed E-state index contributed by atoms with van der Waals surface area (Å²) in [4.78, 5) is 27.4. The molecular weight excluding hydrogens is 668 g/mol. The molecule has 4 aromatic carbocycles. The predicted molar refractivity (Wildman–Crippen MR) is 205 cm³/mol. The van der Waals surface area contributed by atoms with Gasteiger partial charge in [-0.3, -0.25) is 4.79 Å². The first kappa shape index (κ1) is 38.0. The minimum Gasteiger partial charge on any atom is -0.494 e. The van der Waals surface area contributed by atoms with Crippen molar-refractivity contribution < 1.29 is 33.3 Å². The van der Waals surface area contributed by atoms with E-state index in [0.717, 1.165) is 59.4 Å². The molecule has 280 valence electrons. The lowest BCUT2D eigenvalue weighted by atomic mass is 9.86. The SMILES string of the molecule is COCCCC(OC1CN(C(=O)OCc2ccccc2)CCC1c1ccc(OCCCOC(C)c2ccccc2)cc1)c1ccc2c(c1)NC(=O)CC2. The third-order valence-corrected chi connectivity index (χ3v) is 10.1. The maximum atomic E-state index is 13.4. The van der Waals surface area contributed by atoms with Gasteiger partial charge in [-0.2, -0.15) is 0 Å². The number of fused-ring (bicyclic) bond motifs is 1. The average Bonchev–Trinajstić information content (AvgIpc) is 3.20. The quantitative estimate of drug-likeness (QED) is 0.109. The molecule has 1 saturated heterocycles. The largest absolute Gasteiger partial charge is 0.494 e. The maximum absolute atomic E-state index is 13.4. The fourth-order valence-electron chi connectivity index (χ4n) is 7.08. The van der Waals surface area contributed by atoms with Gasteiger partial charge >= 0.3 is 6.09 Å². The molecule has 4 atom stereocenters. The Kier molecular flexibility index (Phi) is 13.9. The monoisotopic (exact) mass is 720 g/mol. The molecule has 9 heteroatoms. The van der Waals surface area contributed by atoms with Gasteiger partial charge in [-0.15, -0.1) is 0 Å². The van der Waals surface area contributed by atoms with E-state index < -0.39 is 0 Å². The second-order valence-electron chi connectivity index (χ2n) is 13.8. The number of amides is 2. The lowest BCUT2D eigenvalue weighted by molar-refractivity contribution is -0.116. The lowest BCUT2D eigenvalue weighted by Crippen LogP contribution is -2.47. The zero-order valence-corrected chi connectivity index (χ0v) is 30.9. The van der Waals surface area contributed by atoms with Crippen LogP contribution in [0.25, 0.3) is 0 Å². The smallest absolute Gasteiger partial charge is 0.410 e. The molecule has 4 aromatic rings. The van der Waals surface area contributed by atoms with Gasteiger partial charge in [-0.1, -0.05) is 84.9 Å².